The molecule has 2 aromatic rings. The van der Waals surface area contributed by atoms with Gasteiger partial charge in [0.1, 0.15) is 0 Å². The number of nitrogens with zero attached hydrogens (tertiary/aromatic N) is 2. The molecule has 2 amide bonds. The van der Waals surface area contributed by atoms with Gasteiger partial charge >= 0.3 is 0 Å². The molecule has 0 saturated carbocycles. The number of carbonyl (C=O) groups excluding carboxylic acids is 2. The van der Waals surface area contributed by atoms with Gasteiger partial charge in [-0.15, -0.1) is 0 Å². The van der Waals surface area contributed by atoms with Crippen LogP contribution in [0.3, 0.4) is 0 Å². The van der Waals surface area contributed by atoms with Crippen LogP contribution in [0, 0.1) is 0 Å². The Labute approximate surface area is 160 Å². The minimum atomic E-state index is -0.00650. The van der Waals surface area contributed by atoms with E-state index in [0.29, 0.717) is 26.2 Å². The highest BCUT2D eigenvalue weighted by Crippen LogP contribution is 2.08. The monoisotopic (exact) mass is 360 g/mol. The molecule has 0 atom stereocenters. The molecule has 138 valence electrons. The molecule has 0 unspecified atom stereocenters. The molecule has 1 saturated heterocycles. The molecule has 0 aromatic heterocycles. The van der Waals surface area contributed by atoms with Crippen LogP contribution < -0.4 is 0 Å². The van der Waals surface area contributed by atoms with E-state index in [4.69, 9.17) is 0 Å². The summed E-state index contributed by atoms with van der Waals surface area (Å²) in [6, 6.07) is 19.5. The molecular formula is C23H24N2O2. The van der Waals surface area contributed by atoms with Gasteiger partial charge < -0.3 is 9.80 Å². The lowest BCUT2D eigenvalue weighted by molar-refractivity contribution is -0.128. The Morgan fingerprint density at radius 1 is 0.630 bits per heavy atom. The first kappa shape index (κ1) is 18.6. The standard InChI is InChI=1S/C23H24N2O2/c26-22(14-12-20-8-3-1-4-9-20)24-16-7-17-25(19-18-24)23(27)15-13-21-10-5-2-6-11-21/h1-6,8-15H,7,16-19H2/b14-12+,15-13+. The van der Waals surface area contributed by atoms with Crippen molar-refractivity contribution < 1.29 is 9.59 Å². The minimum absolute atomic E-state index is 0.00650. The molecule has 0 aliphatic carbocycles. The zero-order valence-electron chi connectivity index (χ0n) is 15.3. The second kappa shape index (κ2) is 9.53. The normalized spacial score (nSPS) is 15.3. The largest absolute Gasteiger partial charge is 0.337 e. The molecule has 1 fully saturated rings. The first-order valence-corrected chi connectivity index (χ1v) is 9.26. The van der Waals surface area contributed by atoms with Crippen molar-refractivity contribution in [1.29, 1.82) is 0 Å². The van der Waals surface area contributed by atoms with Gasteiger partial charge in [-0.3, -0.25) is 9.59 Å². The molecule has 1 aliphatic heterocycles. The van der Waals surface area contributed by atoms with Crippen LogP contribution in [0.15, 0.2) is 72.8 Å². The number of rotatable bonds is 4. The summed E-state index contributed by atoms with van der Waals surface area (Å²) in [6.07, 6.45) is 7.68. The number of amides is 2. The predicted molar refractivity (Wildman–Crippen MR) is 109 cm³/mol. The maximum absolute atomic E-state index is 12.4. The van der Waals surface area contributed by atoms with Gasteiger partial charge in [-0.05, 0) is 29.7 Å². The van der Waals surface area contributed by atoms with Crippen LogP contribution in [0.5, 0.6) is 0 Å². The van der Waals surface area contributed by atoms with Gasteiger partial charge in [0.2, 0.25) is 11.8 Å². The summed E-state index contributed by atoms with van der Waals surface area (Å²) in [5.74, 6) is -0.0130. The SMILES string of the molecule is O=C(/C=C/c1ccccc1)N1CCCN(C(=O)/C=C/c2ccccc2)CC1. The first-order valence-electron chi connectivity index (χ1n) is 9.26. The lowest BCUT2D eigenvalue weighted by Gasteiger charge is -2.20. The molecule has 0 radical (unpaired) electrons. The Morgan fingerprint density at radius 2 is 1.04 bits per heavy atom. The van der Waals surface area contributed by atoms with Crippen molar-refractivity contribution in [2.45, 2.75) is 6.42 Å². The van der Waals surface area contributed by atoms with Gasteiger partial charge in [-0.1, -0.05) is 60.7 Å². The van der Waals surface area contributed by atoms with Gasteiger partial charge in [-0.25, -0.2) is 0 Å². The number of hydrogen-bond donors (Lipinski definition) is 0. The Bertz CT molecular complexity index is 743. The van der Waals surface area contributed by atoms with Crippen molar-refractivity contribution >= 4 is 24.0 Å². The molecule has 0 spiro atoms. The van der Waals surface area contributed by atoms with Crippen molar-refractivity contribution in [3.8, 4) is 0 Å². The lowest BCUT2D eigenvalue weighted by atomic mass is 10.2. The maximum atomic E-state index is 12.4. The zero-order valence-corrected chi connectivity index (χ0v) is 15.3. The smallest absolute Gasteiger partial charge is 0.246 e. The Morgan fingerprint density at radius 3 is 1.44 bits per heavy atom. The van der Waals surface area contributed by atoms with E-state index in [1.807, 2.05) is 82.6 Å². The molecular weight excluding hydrogens is 336 g/mol. The minimum Gasteiger partial charge on any atom is -0.337 e. The van der Waals surface area contributed by atoms with E-state index in [1.54, 1.807) is 12.2 Å². The van der Waals surface area contributed by atoms with E-state index in [0.717, 1.165) is 17.5 Å². The highest BCUT2D eigenvalue weighted by molar-refractivity contribution is 5.93. The van der Waals surface area contributed by atoms with E-state index in [1.165, 1.54) is 0 Å². The summed E-state index contributed by atoms with van der Waals surface area (Å²) >= 11 is 0. The van der Waals surface area contributed by atoms with Crippen LogP contribution in [-0.4, -0.2) is 47.8 Å². The van der Waals surface area contributed by atoms with Crippen molar-refractivity contribution in [2.24, 2.45) is 0 Å². The molecule has 4 nitrogen and oxygen atoms in total. The molecule has 27 heavy (non-hydrogen) atoms. The summed E-state index contributed by atoms with van der Waals surface area (Å²) in [6.45, 7) is 2.46. The van der Waals surface area contributed by atoms with Gasteiger partial charge in [0.05, 0.1) is 0 Å². The van der Waals surface area contributed by atoms with E-state index in [2.05, 4.69) is 0 Å². The van der Waals surface area contributed by atoms with Crippen molar-refractivity contribution in [3.05, 3.63) is 83.9 Å². The number of benzene rings is 2. The van der Waals surface area contributed by atoms with Crippen molar-refractivity contribution in [1.82, 2.24) is 9.80 Å². The van der Waals surface area contributed by atoms with Crippen LogP contribution in [0.1, 0.15) is 17.5 Å². The van der Waals surface area contributed by atoms with Crippen LogP contribution in [0.25, 0.3) is 12.2 Å². The fraction of sp³-hybridized carbons (Fsp3) is 0.217. The molecule has 1 aliphatic rings. The maximum Gasteiger partial charge on any atom is 0.246 e. The summed E-state index contributed by atoms with van der Waals surface area (Å²) in [5.41, 5.74) is 2.01. The fourth-order valence-corrected chi connectivity index (χ4v) is 3.03. The summed E-state index contributed by atoms with van der Waals surface area (Å²) in [7, 11) is 0. The second-order valence-electron chi connectivity index (χ2n) is 6.49. The molecule has 3 rings (SSSR count). The molecule has 0 N–H and O–H groups in total. The Kier molecular flexibility index (Phi) is 6.58. The Balaban J connectivity index is 1.53. The highest BCUT2D eigenvalue weighted by atomic mass is 16.2. The molecule has 2 aromatic carbocycles. The van der Waals surface area contributed by atoms with Crippen molar-refractivity contribution in [2.75, 3.05) is 26.2 Å². The first-order chi connectivity index (χ1) is 13.2. The van der Waals surface area contributed by atoms with Crippen LogP contribution in [0.4, 0.5) is 0 Å². The van der Waals surface area contributed by atoms with Gasteiger partial charge in [0, 0.05) is 38.3 Å². The van der Waals surface area contributed by atoms with Crippen molar-refractivity contribution in [3.63, 3.8) is 0 Å². The lowest BCUT2D eigenvalue weighted by Crippen LogP contribution is -2.36. The third-order valence-corrected chi connectivity index (χ3v) is 4.56. The van der Waals surface area contributed by atoms with Crippen LogP contribution in [-0.2, 0) is 9.59 Å². The predicted octanol–water partition coefficient (Wildman–Crippen LogP) is 3.47. The fourth-order valence-electron chi connectivity index (χ4n) is 3.03. The highest BCUT2D eigenvalue weighted by Gasteiger charge is 2.19. The molecule has 0 bridgehead atoms. The summed E-state index contributed by atoms with van der Waals surface area (Å²) < 4.78 is 0. The van der Waals surface area contributed by atoms with E-state index in [-0.39, 0.29) is 11.8 Å². The van der Waals surface area contributed by atoms with Gasteiger partial charge in [0.15, 0.2) is 0 Å². The number of carbonyl (C=O) groups is 2. The topological polar surface area (TPSA) is 40.6 Å². The van der Waals surface area contributed by atoms with Crippen LogP contribution in [0.2, 0.25) is 0 Å². The third kappa shape index (κ3) is 5.68. The Hall–Kier alpha value is -3.14. The van der Waals surface area contributed by atoms with E-state index < -0.39 is 0 Å². The van der Waals surface area contributed by atoms with E-state index >= 15 is 0 Å². The van der Waals surface area contributed by atoms with Gasteiger partial charge in [0.25, 0.3) is 0 Å². The van der Waals surface area contributed by atoms with E-state index in [9.17, 15) is 9.59 Å². The summed E-state index contributed by atoms with van der Waals surface area (Å²) in [4.78, 5) is 28.5. The average Bonchev–Trinajstić information content (AvgIpc) is 2.98. The summed E-state index contributed by atoms with van der Waals surface area (Å²) in [5, 5.41) is 0. The average molecular weight is 360 g/mol. The molecule has 4 heteroatoms. The third-order valence-electron chi connectivity index (χ3n) is 4.56. The molecule has 1 heterocycles. The second-order valence-corrected chi connectivity index (χ2v) is 6.49. The van der Waals surface area contributed by atoms with Gasteiger partial charge in [-0.2, -0.15) is 0 Å². The van der Waals surface area contributed by atoms with Crippen LogP contribution >= 0.6 is 0 Å². The quantitative estimate of drug-likeness (QED) is 0.784. The number of hydrogen-bond acceptors (Lipinski definition) is 2. The zero-order chi connectivity index (χ0) is 18.9.